The number of aromatic nitrogens is 3. The molecule has 16 heteroatoms. The molecule has 0 atom stereocenters. The topological polar surface area (TPSA) is 144 Å². The summed E-state index contributed by atoms with van der Waals surface area (Å²) >= 11 is 18.0. The first-order valence-corrected chi connectivity index (χ1v) is 9.96. The number of hydrogen-bond acceptors (Lipinski definition) is 5. The summed E-state index contributed by atoms with van der Waals surface area (Å²) in [6, 6.07) is 4.41. The van der Waals surface area contributed by atoms with Gasteiger partial charge in [0.1, 0.15) is 5.69 Å². The van der Waals surface area contributed by atoms with Crippen molar-refractivity contribution in [1.82, 2.24) is 25.6 Å². The third kappa shape index (κ3) is 5.50. The number of primary amides is 1. The van der Waals surface area contributed by atoms with Crippen LogP contribution in [0, 0.1) is 0 Å². The second-order valence-electron chi connectivity index (χ2n) is 6.34. The number of alkyl halides is 3. The van der Waals surface area contributed by atoms with Crippen LogP contribution < -0.4 is 21.9 Å². The number of nitrogens with two attached hydrogens (primary N) is 1. The SMILES string of the molecule is NC(=O)NNC(=O)c1cc(Cl)cc(Cl)c1NC(=O)c1cc(C(F)(F)F)nn1-c1ncccc1Cl. The highest BCUT2D eigenvalue weighted by atomic mass is 35.5. The van der Waals surface area contributed by atoms with E-state index in [4.69, 9.17) is 40.5 Å². The first-order chi connectivity index (χ1) is 15.9. The number of benzene rings is 1. The van der Waals surface area contributed by atoms with Crippen molar-refractivity contribution in [3.05, 3.63) is 68.5 Å². The van der Waals surface area contributed by atoms with Crippen molar-refractivity contribution in [2.24, 2.45) is 5.73 Å². The summed E-state index contributed by atoms with van der Waals surface area (Å²) in [5.41, 5.74) is 5.99. The van der Waals surface area contributed by atoms with Gasteiger partial charge in [0.2, 0.25) is 0 Å². The second kappa shape index (κ2) is 9.75. The highest BCUT2D eigenvalue weighted by molar-refractivity contribution is 6.38. The quantitative estimate of drug-likeness (QED) is 0.375. The Morgan fingerprint density at radius 1 is 1.00 bits per heavy atom. The first kappa shape index (κ1) is 25.1. The molecule has 2 aromatic heterocycles. The molecule has 0 aliphatic rings. The average Bonchev–Trinajstić information content (AvgIpc) is 3.20. The van der Waals surface area contributed by atoms with E-state index < -0.39 is 35.4 Å². The third-order valence-corrected chi connectivity index (χ3v) is 4.82. The van der Waals surface area contributed by atoms with E-state index in [0.29, 0.717) is 10.7 Å². The molecule has 0 aliphatic heterocycles. The fourth-order valence-corrected chi connectivity index (χ4v) is 3.36. The molecule has 3 rings (SSSR count). The summed E-state index contributed by atoms with van der Waals surface area (Å²) in [7, 11) is 0. The molecule has 0 saturated carbocycles. The summed E-state index contributed by atoms with van der Waals surface area (Å²) in [5, 5.41) is 5.32. The Labute approximate surface area is 203 Å². The molecule has 0 spiro atoms. The van der Waals surface area contributed by atoms with Gasteiger partial charge in [-0.15, -0.1) is 0 Å². The molecule has 1 aromatic carbocycles. The van der Waals surface area contributed by atoms with Crippen LogP contribution in [0.3, 0.4) is 0 Å². The molecule has 10 nitrogen and oxygen atoms in total. The zero-order chi connectivity index (χ0) is 25.2. The molecule has 34 heavy (non-hydrogen) atoms. The Bertz CT molecular complexity index is 1300. The number of pyridine rings is 1. The second-order valence-corrected chi connectivity index (χ2v) is 7.59. The molecule has 3 aromatic rings. The fraction of sp³-hybridized carbons (Fsp3) is 0.0556. The summed E-state index contributed by atoms with van der Waals surface area (Å²) in [4.78, 5) is 40.2. The van der Waals surface area contributed by atoms with E-state index >= 15 is 0 Å². The van der Waals surface area contributed by atoms with Crippen LogP contribution in [0.5, 0.6) is 0 Å². The molecule has 0 radical (unpaired) electrons. The maximum atomic E-state index is 13.3. The van der Waals surface area contributed by atoms with E-state index in [9.17, 15) is 27.6 Å². The number of nitrogens with zero attached hydrogens (tertiary/aromatic N) is 3. The Balaban J connectivity index is 2.07. The number of anilines is 1. The minimum Gasteiger partial charge on any atom is -0.350 e. The van der Waals surface area contributed by atoms with Crippen molar-refractivity contribution < 1.29 is 27.6 Å². The Morgan fingerprint density at radius 2 is 1.71 bits per heavy atom. The number of hydrogen-bond donors (Lipinski definition) is 4. The number of carbonyl (C=O) groups is 3. The van der Waals surface area contributed by atoms with Gasteiger partial charge in [0.25, 0.3) is 11.8 Å². The van der Waals surface area contributed by atoms with Gasteiger partial charge in [0.15, 0.2) is 11.5 Å². The fourth-order valence-electron chi connectivity index (χ4n) is 2.62. The summed E-state index contributed by atoms with van der Waals surface area (Å²) in [6.45, 7) is 0. The summed E-state index contributed by atoms with van der Waals surface area (Å²) in [5.74, 6) is -2.39. The van der Waals surface area contributed by atoms with Gasteiger partial charge in [0, 0.05) is 17.3 Å². The van der Waals surface area contributed by atoms with E-state index in [0.717, 1.165) is 6.07 Å². The molecule has 0 bridgehead atoms. The molecule has 4 amide bonds. The molecule has 178 valence electrons. The van der Waals surface area contributed by atoms with Gasteiger partial charge < -0.3 is 11.1 Å². The van der Waals surface area contributed by atoms with Crippen LogP contribution >= 0.6 is 34.8 Å². The largest absolute Gasteiger partial charge is 0.435 e. The highest BCUT2D eigenvalue weighted by Gasteiger charge is 2.37. The van der Waals surface area contributed by atoms with Crippen molar-refractivity contribution in [3.8, 4) is 5.82 Å². The van der Waals surface area contributed by atoms with Crippen molar-refractivity contribution >= 4 is 58.3 Å². The lowest BCUT2D eigenvalue weighted by molar-refractivity contribution is -0.141. The number of halogens is 6. The van der Waals surface area contributed by atoms with Crippen LogP contribution in [-0.4, -0.2) is 32.6 Å². The van der Waals surface area contributed by atoms with E-state index in [1.54, 1.807) is 0 Å². The number of nitrogens with one attached hydrogen (secondary N) is 3. The number of amides is 4. The molecular formula is C18H11Cl3F3N7O3. The Morgan fingerprint density at radius 3 is 2.32 bits per heavy atom. The van der Waals surface area contributed by atoms with Crippen LogP contribution in [0.2, 0.25) is 15.1 Å². The van der Waals surface area contributed by atoms with Crippen LogP contribution in [0.4, 0.5) is 23.7 Å². The van der Waals surface area contributed by atoms with Gasteiger partial charge in [-0.1, -0.05) is 34.8 Å². The van der Waals surface area contributed by atoms with E-state index in [-0.39, 0.29) is 32.1 Å². The van der Waals surface area contributed by atoms with Crippen LogP contribution in [0.1, 0.15) is 26.5 Å². The zero-order valence-electron chi connectivity index (χ0n) is 16.4. The molecule has 2 heterocycles. The molecular weight excluding hydrogens is 526 g/mol. The van der Waals surface area contributed by atoms with Gasteiger partial charge in [-0.3, -0.25) is 15.0 Å². The van der Waals surface area contributed by atoms with Crippen molar-refractivity contribution in [2.75, 3.05) is 5.32 Å². The minimum atomic E-state index is -4.90. The smallest absolute Gasteiger partial charge is 0.350 e. The monoisotopic (exact) mass is 535 g/mol. The zero-order valence-corrected chi connectivity index (χ0v) is 18.6. The van der Waals surface area contributed by atoms with E-state index in [1.807, 2.05) is 10.9 Å². The molecule has 0 aliphatic carbocycles. The Hall–Kier alpha value is -3.55. The summed E-state index contributed by atoms with van der Waals surface area (Å²) in [6.07, 6.45) is -3.66. The third-order valence-electron chi connectivity index (χ3n) is 4.01. The highest BCUT2D eigenvalue weighted by Crippen LogP contribution is 2.33. The lowest BCUT2D eigenvalue weighted by atomic mass is 10.1. The lowest BCUT2D eigenvalue weighted by Gasteiger charge is -2.14. The molecule has 0 saturated heterocycles. The predicted molar refractivity (Wildman–Crippen MR) is 116 cm³/mol. The first-order valence-electron chi connectivity index (χ1n) is 8.82. The van der Waals surface area contributed by atoms with Gasteiger partial charge in [-0.05, 0) is 24.3 Å². The normalized spacial score (nSPS) is 11.1. The number of hydrazine groups is 1. The van der Waals surface area contributed by atoms with Gasteiger partial charge >= 0.3 is 12.2 Å². The average molecular weight is 537 g/mol. The van der Waals surface area contributed by atoms with Crippen LogP contribution in [-0.2, 0) is 6.18 Å². The van der Waals surface area contributed by atoms with E-state index in [1.165, 1.54) is 24.4 Å². The van der Waals surface area contributed by atoms with Gasteiger partial charge in [0.05, 0.1) is 21.3 Å². The number of rotatable bonds is 4. The van der Waals surface area contributed by atoms with Gasteiger partial charge in [-0.25, -0.2) is 19.9 Å². The van der Waals surface area contributed by atoms with Crippen LogP contribution in [0.15, 0.2) is 36.5 Å². The van der Waals surface area contributed by atoms with Crippen molar-refractivity contribution in [3.63, 3.8) is 0 Å². The standard InChI is InChI=1S/C18H11Cl3F3N7O3/c19-7-4-8(15(32)28-29-17(25)34)13(10(21)5-7)27-16(33)11-6-12(18(22,23)24)30-31(11)14-9(20)2-1-3-26-14/h1-6H,(H,27,33)(H,28,32)(H3,25,29,34). The number of urea groups is 1. The molecule has 0 fully saturated rings. The van der Waals surface area contributed by atoms with Crippen molar-refractivity contribution in [2.45, 2.75) is 6.18 Å². The maximum absolute atomic E-state index is 13.3. The van der Waals surface area contributed by atoms with Crippen LogP contribution in [0.25, 0.3) is 5.82 Å². The van der Waals surface area contributed by atoms with Gasteiger partial charge in [-0.2, -0.15) is 18.3 Å². The Kier molecular flexibility index (Phi) is 7.19. The predicted octanol–water partition coefficient (Wildman–Crippen LogP) is 3.81. The number of carbonyl (C=O) groups excluding carboxylic acids is 3. The lowest BCUT2D eigenvalue weighted by Crippen LogP contribution is -2.44. The van der Waals surface area contributed by atoms with Crippen molar-refractivity contribution in [1.29, 1.82) is 0 Å². The minimum absolute atomic E-state index is 0.0168. The maximum Gasteiger partial charge on any atom is 0.435 e. The summed E-state index contributed by atoms with van der Waals surface area (Å²) < 4.78 is 40.6. The van der Waals surface area contributed by atoms with E-state index in [2.05, 4.69) is 15.4 Å². The molecule has 0 unspecified atom stereocenters. The molecule has 5 N–H and O–H groups in total.